The van der Waals surface area contributed by atoms with Gasteiger partial charge in [-0.3, -0.25) is 9.20 Å². The van der Waals surface area contributed by atoms with Crippen LogP contribution in [0.2, 0.25) is 0 Å². The van der Waals surface area contributed by atoms with E-state index >= 15 is 0 Å². The number of esters is 2. The number of amides is 1. The maximum atomic E-state index is 12.6. The molecule has 0 atom stereocenters. The number of methoxy groups -OCH3 is 2. The predicted octanol–water partition coefficient (Wildman–Crippen LogP) is 2.88. The lowest BCUT2D eigenvalue weighted by Gasteiger charge is -2.05. The number of ether oxygens (including phenoxy) is 2. The Kier molecular flexibility index (Phi) is 5.65. The molecule has 4 rings (SSSR count). The summed E-state index contributed by atoms with van der Waals surface area (Å²) >= 11 is 2.18. The molecule has 0 aliphatic rings. The van der Waals surface area contributed by atoms with Crippen molar-refractivity contribution < 1.29 is 23.9 Å². The highest BCUT2D eigenvalue weighted by Gasteiger charge is 2.27. The number of hydrogen-bond donors (Lipinski definition) is 2. The summed E-state index contributed by atoms with van der Waals surface area (Å²) in [6, 6.07) is 7.61. The number of thioether (sulfide) groups is 1. The van der Waals surface area contributed by atoms with Gasteiger partial charge in [-0.25, -0.2) is 19.7 Å². The minimum absolute atomic E-state index is 0.0254. The minimum atomic E-state index is -0.647. The standard InChI is InChI=1S/C19H17N5O5S2/c1-9-13(16(26)28-2)15(31-14(9)17(27)29-3)21-12(25)8-30-19-23-22-18-20-10-6-4-5-7-11(10)24(18)19/h4-7H,8H2,1-3H3,(H,20,22)(H,21,25). The van der Waals surface area contributed by atoms with Crippen LogP contribution in [0.25, 0.3) is 16.8 Å². The number of imidazole rings is 1. The van der Waals surface area contributed by atoms with Gasteiger partial charge < -0.3 is 14.8 Å². The number of nitrogens with one attached hydrogen (secondary N) is 2. The first-order valence-electron chi connectivity index (χ1n) is 8.98. The zero-order valence-electron chi connectivity index (χ0n) is 16.7. The Balaban J connectivity index is 1.55. The first kappa shape index (κ1) is 20.9. The Hall–Kier alpha value is -3.38. The molecule has 0 saturated heterocycles. The molecule has 0 unspecified atom stereocenters. The van der Waals surface area contributed by atoms with Crippen LogP contribution in [-0.2, 0) is 14.3 Å². The second-order valence-electron chi connectivity index (χ2n) is 6.35. The Morgan fingerprint density at radius 3 is 2.68 bits per heavy atom. The molecule has 2 N–H and O–H groups in total. The van der Waals surface area contributed by atoms with Gasteiger partial charge in [0.05, 0.1) is 36.6 Å². The SMILES string of the molecule is COC(=O)c1sc(NC(=O)CSc2n[nH]c3nc4ccccc4n23)c(C(=O)OC)c1C. The number of carbonyl (C=O) groups excluding carboxylic acids is 3. The van der Waals surface area contributed by atoms with E-state index in [2.05, 4.69) is 20.5 Å². The highest BCUT2D eigenvalue weighted by Crippen LogP contribution is 2.34. The summed E-state index contributed by atoms with van der Waals surface area (Å²) in [5.74, 6) is -1.00. The summed E-state index contributed by atoms with van der Waals surface area (Å²) < 4.78 is 11.4. The van der Waals surface area contributed by atoms with Gasteiger partial charge in [0.1, 0.15) is 9.88 Å². The van der Waals surface area contributed by atoms with Crippen LogP contribution in [0, 0.1) is 6.92 Å². The van der Waals surface area contributed by atoms with Gasteiger partial charge in [0, 0.05) is 0 Å². The molecule has 160 valence electrons. The number of H-pyrrole nitrogens is 1. The monoisotopic (exact) mass is 459 g/mol. The molecular formula is C19H17N5O5S2. The van der Waals surface area contributed by atoms with Crippen molar-refractivity contribution in [3.63, 3.8) is 0 Å². The van der Waals surface area contributed by atoms with Crippen LogP contribution in [-0.4, -0.2) is 57.4 Å². The van der Waals surface area contributed by atoms with Crippen LogP contribution in [0.5, 0.6) is 0 Å². The molecule has 0 aliphatic heterocycles. The average molecular weight is 460 g/mol. The van der Waals surface area contributed by atoms with Crippen molar-refractivity contribution in [2.45, 2.75) is 12.1 Å². The fraction of sp³-hybridized carbons (Fsp3) is 0.211. The summed E-state index contributed by atoms with van der Waals surface area (Å²) in [4.78, 5) is 41.5. The third-order valence-corrected chi connectivity index (χ3v) is 6.62. The lowest BCUT2D eigenvalue weighted by atomic mass is 10.1. The lowest BCUT2D eigenvalue weighted by molar-refractivity contribution is -0.113. The third kappa shape index (κ3) is 3.75. The van der Waals surface area contributed by atoms with Crippen molar-refractivity contribution >= 4 is 62.8 Å². The van der Waals surface area contributed by atoms with Crippen LogP contribution in [0.3, 0.4) is 0 Å². The number of anilines is 1. The second-order valence-corrected chi connectivity index (χ2v) is 8.31. The quantitative estimate of drug-likeness (QED) is 0.333. The van der Waals surface area contributed by atoms with Gasteiger partial charge in [-0.05, 0) is 24.6 Å². The van der Waals surface area contributed by atoms with E-state index in [9.17, 15) is 14.4 Å². The highest BCUT2D eigenvalue weighted by atomic mass is 32.2. The number of aromatic nitrogens is 4. The normalized spacial score (nSPS) is 11.1. The fourth-order valence-electron chi connectivity index (χ4n) is 3.07. The van der Waals surface area contributed by atoms with Crippen molar-refractivity contribution in [3.05, 3.63) is 40.3 Å². The third-order valence-electron chi connectivity index (χ3n) is 4.50. The maximum Gasteiger partial charge on any atom is 0.348 e. The molecule has 0 saturated carbocycles. The average Bonchev–Trinajstić information content (AvgIpc) is 3.43. The van der Waals surface area contributed by atoms with Crippen LogP contribution in [0.1, 0.15) is 25.6 Å². The molecule has 0 spiro atoms. The van der Waals surface area contributed by atoms with E-state index in [0.717, 1.165) is 22.4 Å². The Labute approximate surface area is 183 Å². The van der Waals surface area contributed by atoms with Gasteiger partial charge in [0.25, 0.3) is 0 Å². The van der Waals surface area contributed by atoms with Crippen LogP contribution < -0.4 is 5.32 Å². The van der Waals surface area contributed by atoms with Gasteiger partial charge in [-0.15, -0.1) is 16.4 Å². The zero-order chi connectivity index (χ0) is 22.1. The van der Waals surface area contributed by atoms with Crippen molar-refractivity contribution in [3.8, 4) is 0 Å². The van der Waals surface area contributed by atoms with Crippen molar-refractivity contribution in [1.82, 2.24) is 19.6 Å². The molecule has 12 heteroatoms. The van der Waals surface area contributed by atoms with Crippen LogP contribution in [0.4, 0.5) is 5.00 Å². The van der Waals surface area contributed by atoms with Gasteiger partial charge in [0.15, 0.2) is 5.16 Å². The largest absolute Gasteiger partial charge is 0.465 e. The molecule has 3 aromatic heterocycles. The second kappa shape index (κ2) is 8.40. The molecule has 0 aliphatic carbocycles. The fourth-order valence-corrected chi connectivity index (χ4v) is 4.95. The van der Waals surface area contributed by atoms with E-state index < -0.39 is 11.9 Å². The molecule has 0 fully saturated rings. The number of hydrogen-bond acceptors (Lipinski definition) is 9. The number of thiophene rings is 1. The predicted molar refractivity (Wildman–Crippen MR) is 116 cm³/mol. The number of aromatic amines is 1. The topological polar surface area (TPSA) is 128 Å². The molecular weight excluding hydrogens is 442 g/mol. The first-order chi connectivity index (χ1) is 14.9. The number of rotatable bonds is 6. The van der Waals surface area contributed by atoms with Gasteiger partial charge in [0.2, 0.25) is 11.7 Å². The summed E-state index contributed by atoms with van der Waals surface area (Å²) in [6.45, 7) is 1.60. The van der Waals surface area contributed by atoms with E-state index in [1.807, 2.05) is 28.7 Å². The zero-order valence-corrected chi connectivity index (χ0v) is 18.3. The molecule has 4 aromatic rings. The highest BCUT2D eigenvalue weighted by molar-refractivity contribution is 7.99. The molecule has 1 amide bonds. The molecule has 31 heavy (non-hydrogen) atoms. The van der Waals surface area contributed by atoms with Crippen molar-refractivity contribution in [2.24, 2.45) is 0 Å². The van der Waals surface area contributed by atoms with Crippen molar-refractivity contribution in [1.29, 1.82) is 0 Å². The van der Waals surface area contributed by atoms with E-state index in [-0.39, 0.29) is 27.1 Å². The number of nitrogens with zero attached hydrogens (tertiary/aromatic N) is 3. The Morgan fingerprint density at radius 2 is 1.94 bits per heavy atom. The van der Waals surface area contributed by atoms with E-state index in [0.29, 0.717) is 16.5 Å². The number of benzene rings is 1. The number of carbonyl (C=O) groups is 3. The summed E-state index contributed by atoms with van der Waals surface area (Å²) in [5, 5.41) is 10.6. The molecule has 3 heterocycles. The van der Waals surface area contributed by atoms with Gasteiger partial charge >= 0.3 is 11.9 Å². The molecule has 1 aromatic carbocycles. The molecule has 0 radical (unpaired) electrons. The van der Waals surface area contributed by atoms with Gasteiger partial charge in [-0.2, -0.15) is 0 Å². The Bertz CT molecular complexity index is 1320. The minimum Gasteiger partial charge on any atom is -0.465 e. The molecule has 10 nitrogen and oxygen atoms in total. The van der Waals surface area contributed by atoms with E-state index in [4.69, 9.17) is 9.47 Å². The van der Waals surface area contributed by atoms with Gasteiger partial charge in [-0.1, -0.05) is 23.9 Å². The van der Waals surface area contributed by atoms with Crippen LogP contribution >= 0.6 is 23.1 Å². The van der Waals surface area contributed by atoms with E-state index in [1.54, 1.807) is 6.92 Å². The smallest absolute Gasteiger partial charge is 0.348 e. The first-order valence-corrected chi connectivity index (χ1v) is 10.8. The number of para-hydroxylation sites is 2. The maximum absolute atomic E-state index is 12.6. The van der Waals surface area contributed by atoms with Crippen LogP contribution in [0.15, 0.2) is 29.4 Å². The van der Waals surface area contributed by atoms with Crippen molar-refractivity contribution in [2.75, 3.05) is 25.3 Å². The summed E-state index contributed by atoms with van der Waals surface area (Å²) in [6.07, 6.45) is 0. The summed E-state index contributed by atoms with van der Waals surface area (Å²) in [7, 11) is 2.48. The number of fused-ring (bicyclic) bond motifs is 3. The summed E-state index contributed by atoms with van der Waals surface area (Å²) in [5.41, 5.74) is 2.22. The molecule has 0 bridgehead atoms. The van der Waals surface area contributed by atoms with E-state index in [1.165, 1.54) is 26.0 Å². The Morgan fingerprint density at radius 1 is 1.19 bits per heavy atom. The lowest BCUT2D eigenvalue weighted by Crippen LogP contribution is -2.16.